The third-order valence-electron chi connectivity index (χ3n) is 4.33. The molecule has 0 aliphatic carbocycles. The second kappa shape index (κ2) is 6.84. The number of methoxy groups -OCH3 is 1. The molecular weight excluding hydrogens is 358 g/mol. The van der Waals surface area contributed by atoms with E-state index in [0.717, 1.165) is 29.5 Å². The second-order valence-corrected chi connectivity index (χ2v) is 6.80. The fraction of sp³-hybridized carbons (Fsp3) is 0.412. The van der Waals surface area contributed by atoms with Gasteiger partial charge in [0.15, 0.2) is 0 Å². The van der Waals surface area contributed by atoms with Crippen molar-refractivity contribution in [2.75, 3.05) is 13.7 Å². The molecule has 1 saturated heterocycles. The summed E-state index contributed by atoms with van der Waals surface area (Å²) in [7, 11) is 1.74. The van der Waals surface area contributed by atoms with Gasteiger partial charge in [0.2, 0.25) is 0 Å². The third-order valence-corrected chi connectivity index (χ3v) is 4.74. The highest BCUT2D eigenvalue weighted by Crippen LogP contribution is 2.22. The fourth-order valence-corrected chi connectivity index (χ4v) is 3.32. The molecule has 122 valence electrons. The Labute approximate surface area is 144 Å². The van der Waals surface area contributed by atoms with Crippen LogP contribution in [-0.2, 0) is 4.74 Å². The topological polar surface area (TPSA) is 47.4 Å². The number of carbonyl (C=O) groups excluding carboxylic acids is 1. The molecule has 1 aromatic heterocycles. The Kier molecular flexibility index (Phi) is 4.82. The number of hydrogen-bond acceptors (Lipinski definition) is 3. The number of nitrogens with zero attached hydrogens (tertiary/aromatic N) is 3. The molecular formula is C17H20BrN3O2. The number of piperidine rings is 1. The zero-order valence-corrected chi connectivity index (χ0v) is 14.9. The highest BCUT2D eigenvalue weighted by atomic mass is 79.9. The van der Waals surface area contributed by atoms with Crippen molar-refractivity contribution in [3.8, 4) is 5.69 Å². The van der Waals surface area contributed by atoms with Crippen molar-refractivity contribution in [3.05, 3.63) is 46.7 Å². The maximum atomic E-state index is 12.8. The molecule has 0 radical (unpaired) electrons. The first-order chi connectivity index (χ1) is 11.1. The quantitative estimate of drug-likeness (QED) is 0.824. The normalized spacial score (nSPS) is 21.4. The Hall–Kier alpha value is -1.66. The van der Waals surface area contributed by atoms with Crippen molar-refractivity contribution in [1.82, 2.24) is 14.7 Å². The molecule has 0 N–H and O–H groups in total. The second-order valence-electron chi connectivity index (χ2n) is 5.88. The molecule has 1 aliphatic heterocycles. The molecule has 23 heavy (non-hydrogen) atoms. The van der Waals surface area contributed by atoms with Crippen LogP contribution in [0.3, 0.4) is 0 Å². The number of hydrogen-bond donors (Lipinski definition) is 0. The lowest BCUT2D eigenvalue weighted by molar-refractivity contribution is 0.0160. The van der Waals surface area contributed by atoms with E-state index in [1.807, 2.05) is 35.4 Å². The number of benzene rings is 1. The van der Waals surface area contributed by atoms with Gasteiger partial charge in [-0.05, 0) is 53.9 Å². The van der Waals surface area contributed by atoms with Crippen molar-refractivity contribution in [1.29, 1.82) is 0 Å². The summed E-state index contributed by atoms with van der Waals surface area (Å²) in [5.74, 6) is 0.0696. The molecule has 1 fully saturated rings. The monoisotopic (exact) mass is 377 g/mol. The average molecular weight is 378 g/mol. The van der Waals surface area contributed by atoms with Gasteiger partial charge in [0.1, 0.15) is 0 Å². The molecule has 1 amide bonds. The van der Waals surface area contributed by atoms with Gasteiger partial charge in [-0.2, -0.15) is 5.10 Å². The maximum absolute atomic E-state index is 12.8. The van der Waals surface area contributed by atoms with E-state index in [1.54, 1.807) is 18.0 Å². The molecule has 1 aromatic carbocycles. The van der Waals surface area contributed by atoms with Gasteiger partial charge in [0.25, 0.3) is 5.91 Å². The zero-order valence-electron chi connectivity index (χ0n) is 13.3. The van der Waals surface area contributed by atoms with Crippen LogP contribution in [0, 0.1) is 0 Å². The van der Waals surface area contributed by atoms with E-state index in [2.05, 4.69) is 28.0 Å². The molecule has 6 heteroatoms. The summed E-state index contributed by atoms with van der Waals surface area (Å²) in [5.41, 5.74) is 1.57. The molecule has 0 unspecified atom stereocenters. The number of rotatable bonds is 3. The molecule has 5 nitrogen and oxygen atoms in total. The summed E-state index contributed by atoms with van der Waals surface area (Å²) in [4.78, 5) is 14.8. The minimum atomic E-state index is 0.0696. The van der Waals surface area contributed by atoms with Crippen LogP contribution in [-0.4, -0.2) is 46.4 Å². The van der Waals surface area contributed by atoms with Gasteiger partial charge < -0.3 is 9.64 Å². The Balaban J connectivity index is 1.80. The molecule has 1 aliphatic rings. The van der Waals surface area contributed by atoms with Gasteiger partial charge in [-0.3, -0.25) is 4.79 Å². The summed E-state index contributed by atoms with van der Waals surface area (Å²) in [6.07, 6.45) is 5.62. The van der Waals surface area contributed by atoms with Gasteiger partial charge in [0.05, 0.1) is 22.5 Å². The maximum Gasteiger partial charge on any atom is 0.254 e. The van der Waals surface area contributed by atoms with E-state index in [0.29, 0.717) is 5.56 Å². The zero-order chi connectivity index (χ0) is 16.4. The van der Waals surface area contributed by atoms with E-state index in [-0.39, 0.29) is 18.1 Å². The highest BCUT2D eigenvalue weighted by molar-refractivity contribution is 9.10. The molecule has 0 saturated carbocycles. The minimum absolute atomic E-state index is 0.0696. The van der Waals surface area contributed by atoms with E-state index in [4.69, 9.17) is 4.74 Å². The first-order valence-electron chi connectivity index (χ1n) is 7.73. The Morgan fingerprint density at radius 3 is 2.91 bits per heavy atom. The highest BCUT2D eigenvalue weighted by Gasteiger charge is 2.29. The van der Waals surface area contributed by atoms with Gasteiger partial charge in [-0.15, -0.1) is 0 Å². The number of likely N-dealkylation sites (tertiary alicyclic amines) is 1. The summed E-state index contributed by atoms with van der Waals surface area (Å²) in [6.45, 7) is 2.81. The van der Waals surface area contributed by atoms with Crippen LogP contribution in [0.4, 0.5) is 0 Å². The predicted molar refractivity (Wildman–Crippen MR) is 91.8 cm³/mol. The van der Waals surface area contributed by atoms with Crippen LogP contribution in [0.2, 0.25) is 0 Å². The molecule has 0 spiro atoms. The Bertz CT molecular complexity index is 701. The fourth-order valence-electron chi connectivity index (χ4n) is 3.03. The van der Waals surface area contributed by atoms with Crippen LogP contribution in [0.1, 0.15) is 30.1 Å². The molecule has 2 heterocycles. The van der Waals surface area contributed by atoms with Crippen molar-refractivity contribution >= 4 is 21.8 Å². The standard InChI is InChI=1S/C17H20BrN3O2/c1-12-8-16(23-2)6-7-20(12)17(22)13-4-3-5-15(9-13)21-11-14(18)10-19-21/h3-5,9-12,16H,6-8H2,1-2H3/t12-,16-/m1/s1. The molecule has 2 atom stereocenters. The molecule has 3 rings (SSSR count). The van der Waals surface area contributed by atoms with Crippen LogP contribution in [0.15, 0.2) is 41.1 Å². The summed E-state index contributed by atoms with van der Waals surface area (Å²) in [6, 6.07) is 7.77. The first-order valence-corrected chi connectivity index (χ1v) is 8.52. The van der Waals surface area contributed by atoms with Crippen molar-refractivity contribution in [2.24, 2.45) is 0 Å². The predicted octanol–water partition coefficient (Wildman–Crippen LogP) is 3.27. The largest absolute Gasteiger partial charge is 0.381 e. The lowest BCUT2D eigenvalue weighted by atomic mass is 9.99. The minimum Gasteiger partial charge on any atom is -0.381 e. The van der Waals surface area contributed by atoms with Gasteiger partial charge >= 0.3 is 0 Å². The summed E-state index contributed by atoms with van der Waals surface area (Å²) < 4.78 is 8.08. The summed E-state index contributed by atoms with van der Waals surface area (Å²) in [5, 5.41) is 4.26. The van der Waals surface area contributed by atoms with Crippen LogP contribution < -0.4 is 0 Å². The van der Waals surface area contributed by atoms with E-state index in [9.17, 15) is 4.79 Å². The van der Waals surface area contributed by atoms with E-state index < -0.39 is 0 Å². The van der Waals surface area contributed by atoms with Crippen molar-refractivity contribution < 1.29 is 9.53 Å². The van der Waals surface area contributed by atoms with Gasteiger partial charge in [-0.1, -0.05) is 6.07 Å². The lowest BCUT2D eigenvalue weighted by Crippen LogP contribution is -2.46. The summed E-state index contributed by atoms with van der Waals surface area (Å²) >= 11 is 3.39. The van der Waals surface area contributed by atoms with Crippen LogP contribution >= 0.6 is 15.9 Å². The molecule has 0 bridgehead atoms. The number of amides is 1. The molecule has 2 aromatic rings. The van der Waals surface area contributed by atoms with Crippen LogP contribution in [0.25, 0.3) is 5.69 Å². The first kappa shape index (κ1) is 16.2. The SMILES string of the molecule is CO[C@@H]1CCN(C(=O)c2cccc(-n3cc(Br)cn3)c2)[C@H](C)C1. The Morgan fingerprint density at radius 2 is 2.26 bits per heavy atom. The number of halogens is 1. The lowest BCUT2D eigenvalue weighted by Gasteiger charge is -2.37. The average Bonchev–Trinajstić information content (AvgIpc) is 3.01. The van der Waals surface area contributed by atoms with Crippen molar-refractivity contribution in [3.63, 3.8) is 0 Å². The van der Waals surface area contributed by atoms with Gasteiger partial charge in [-0.25, -0.2) is 4.68 Å². The van der Waals surface area contributed by atoms with E-state index in [1.165, 1.54) is 0 Å². The number of ether oxygens (including phenoxy) is 1. The van der Waals surface area contributed by atoms with Gasteiger partial charge in [0, 0.05) is 31.5 Å². The van der Waals surface area contributed by atoms with Crippen molar-refractivity contribution in [2.45, 2.75) is 31.9 Å². The smallest absolute Gasteiger partial charge is 0.254 e. The Morgan fingerprint density at radius 1 is 1.43 bits per heavy atom. The number of carbonyl (C=O) groups is 1. The van der Waals surface area contributed by atoms with E-state index >= 15 is 0 Å². The third kappa shape index (κ3) is 3.48. The number of aromatic nitrogens is 2. The van der Waals surface area contributed by atoms with Crippen LogP contribution in [0.5, 0.6) is 0 Å².